The number of carbonyl (C=O) groups excluding carboxylic acids is 2. The largest absolute Gasteiger partial charge is 0.489 e. The second-order valence-corrected chi connectivity index (χ2v) is 9.18. The summed E-state index contributed by atoms with van der Waals surface area (Å²) in [5.74, 6) is -0.0792. The van der Waals surface area contributed by atoms with Crippen LogP contribution in [-0.4, -0.2) is 41.5 Å². The molecule has 0 aliphatic carbocycles. The Morgan fingerprint density at radius 3 is 2.56 bits per heavy atom. The number of aromatic nitrogens is 1. The lowest BCUT2D eigenvalue weighted by atomic mass is 9.89. The zero-order valence-corrected chi connectivity index (χ0v) is 20.1. The molecule has 2 heterocycles. The molecule has 34 heavy (non-hydrogen) atoms. The van der Waals surface area contributed by atoms with Crippen molar-refractivity contribution in [3.8, 4) is 5.75 Å². The molecule has 0 unspecified atom stereocenters. The van der Waals surface area contributed by atoms with Crippen LogP contribution >= 0.6 is 0 Å². The number of pyridine rings is 1. The Morgan fingerprint density at radius 1 is 1.18 bits per heavy atom. The van der Waals surface area contributed by atoms with Crippen LogP contribution in [-0.2, 0) is 26.5 Å². The fraction of sp³-hybridized carbons (Fsp3) is 0.370. The van der Waals surface area contributed by atoms with E-state index in [0.717, 1.165) is 22.2 Å². The third kappa shape index (κ3) is 4.35. The summed E-state index contributed by atoms with van der Waals surface area (Å²) in [6.07, 6.45) is 0.425. The van der Waals surface area contributed by atoms with E-state index in [-0.39, 0.29) is 11.8 Å². The number of nitrogens with zero attached hydrogens (tertiary/aromatic N) is 2. The summed E-state index contributed by atoms with van der Waals surface area (Å²) in [4.78, 5) is 31.7. The Balaban J connectivity index is 1.50. The van der Waals surface area contributed by atoms with Crippen LogP contribution in [0.1, 0.15) is 37.1 Å². The van der Waals surface area contributed by atoms with Gasteiger partial charge in [0, 0.05) is 23.2 Å². The van der Waals surface area contributed by atoms with E-state index < -0.39 is 17.6 Å². The van der Waals surface area contributed by atoms with E-state index in [9.17, 15) is 9.59 Å². The van der Waals surface area contributed by atoms with Crippen LogP contribution in [0.5, 0.6) is 5.75 Å². The molecular weight excluding hydrogens is 430 g/mol. The summed E-state index contributed by atoms with van der Waals surface area (Å²) in [6.45, 7) is 6.56. The number of rotatable bonds is 7. The van der Waals surface area contributed by atoms with Gasteiger partial charge in [-0.15, -0.1) is 0 Å². The van der Waals surface area contributed by atoms with Crippen molar-refractivity contribution in [1.29, 1.82) is 0 Å². The number of ether oxygens (including phenoxy) is 2. The van der Waals surface area contributed by atoms with Gasteiger partial charge in [-0.1, -0.05) is 44.2 Å². The third-order valence-electron chi connectivity index (χ3n) is 6.49. The quantitative estimate of drug-likeness (QED) is 0.539. The molecule has 0 saturated carbocycles. The van der Waals surface area contributed by atoms with Crippen molar-refractivity contribution in [2.45, 2.75) is 45.4 Å². The molecule has 2 aromatic carbocycles. The van der Waals surface area contributed by atoms with Crippen molar-refractivity contribution >= 4 is 22.8 Å². The number of hydrogen-bond donors (Lipinski definition) is 1. The maximum Gasteiger partial charge on any atom is 0.328 e. The predicted octanol–water partition coefficient (Wildman–Crippen LogP) is 3.71. The summed E-state index contributed by atoms with van der Waals surface area (Å²) in [5, 5.41) is 1.06. The average molecular weight is 462 g/mol. The van der Waals surface area contributed by atoms with Crippen molar-refractivity contribution in [3.05, 3.63) is 71.4 Å². The maximum absolute atomic E-state index is 13.3. The number of amides is 1. The van der Waals surface area contributed by atoms with Gasteiger partial charge >= 0.3 is 5.97 Å². The molecule has 7 nitrogen and oxygen atoms in total. The number of methoxy groups -OCH3 is 1. The molecule has 1 aliphatic heterocycles. The lowest BCUT2D eigenvalue weighted by molar-refractivity contribution is -0.154. The van der Waals surface area contributed by atoms with Gasteiger partial charge in [0.05, 0.1) is 12.6 Å². The van der Waals surface area contributed by atoms with Gasteiger partial charge in [-0.25, -0.2) is 4.79 Å². The molecule has 7 heteroatoms. The zero-order chi connectivity index (χ0) is 24.5. The van der Waals surface area contributed by atoms with Crippen LogP contribution in [0.4, 0.5) is 0 Å². The molecule has 2 atom stereocenters. The van der Waals surface area contributed by atoms with Gasteiger partial charge in [-0.3, -0.25) is 9.78 Å². The minimum atomic E-state index is -1.18. The van der Waals surface area contributed by atoms with E-state index in [1.54, 1.807) is 4.90 Å². The Bertz CT molecular complexity index is 1210. The van der Waals surface area contributed by atoms with Crippen molar-refractivity contribution < 1.29 is 19.1 Å². The summed E-state index contributed by atoms with van der Waals surface area (Å²) in [6, 6.07) is 16.7. The lowest BCUT2D eigenvalue weighted by Gasteiger charge is -2.30. The molecule has 0 radical (unpaired) electrons. The van der Waals surface area contributed by atoms with Crippen LogP contribution in [0.25, 0.3) is 10.9 Å². The molecular formula is C27H31N3O4. The highest BCUT2D eigenvalue weighted by Gasteiger charge is 2.49. The molecule has 1 aromatic heterocycles. The topological polar surface area (TPSA) is 94.8 Å². The highest BCUT2D eigenvalue weighted by Crippen LogP contribution is 2.34. The summed E-state index contributed by atoms with van der Waals surface area (Å²) < 4.78 is 11.0. The Hall–Kier alpha value is -3.45. The Kier molecular flexibility index (Phi) is 6.57. The van der Waals surface area contributed by atoms with E-state index in [1.807, 2.05) is 75.4 Å². The molecule has 178 valence electrons. The number of benzene rings is 2. The van der Waals surface area contributed by atoms with Gasteiger partial charge in [0.1, 0.15) is 23.9 Å². The van der Waals surface area contributed by atoms with Crippen LogP contribution in [0.2, 0.25) is 0 Å². The van der Waals surface area contributed by atoms with E-state index in [4.69, 9.17) is 15.2 Å². The number of para-hydroxylation sites is 1. The first-order valence-corrected chi connectivity index (χ1v) is 11.5. The monoisotopic (exact) mass is 461 g/mol. The van der Waals surface area contributed by atoms with Crippen molar-refractivity contribution in [2.24, 2.45) is 11.7 Å². The van der Waals surface area contributed by atoms with Gasteiger partial charge in [-0.05, 0) is 49.1 Å². The lowest BCUT2D eigenvalue weighted by Crippen LogP contribution is -2.51. The van der Waals surface area contributed by atoms with Gasteiger partial charge in [0.2, 0.25) is 5.91 Å². The van der Waals surface area contributed by atoms with E-state index in [1.165, 1.54) is 7.11 Å². The predicted molar refractivity (Wildman–Crippen MR) is 130 cm³/mol. The van der Waals surface area contributed by atoms with E-state index in [2.05, 4.69) is 4.98 Å². The SMILES string of the molecule is COC(=O)[C@@H](C(C)C)N1CC[C@@](N)(c2ccc(OCc3cc(C)nc4ccccc34)cc2)C1=O. The number of fused-ring (bicyclic) bond motifs is 1. The summed E-state index contributed by atoms with van der Waals surface area (Å²) in [7, 11) is 1.34. The minimum absolute atomic E-state index is 0.0811. The molecule has 3 aromatic rings. The number of esters is 1. The zero-order valence-electron chi connectivity index (χ0n) is 20.1. The molecule has 1 saturated heterocycles. The first-order chi connectivity index (χ1) is 16.2. The maximum atomic E-state index is 13.3. The normalized spacial score (nSPS) is 19.0. The first-order valence-electron chi connectivity index (χ1n) is 11.5. The molecule has 0 spiro atoms. The molecule has 1 aliphatic rings. The summed E-state index contributed by atoms with van der Waals surface area (Å²) in [5.41, 5.74) is 9.06. The van der Waals surface area contributed by atoms with Crippen LogP contribution in [0, 0.1) is 12.8 Å². The third-order valence-corrected chi connectivity index (χ3v) is 6.49. The van der Waals surface area contributed by atoms with Gasteiger partial charge < -0.3 is 20.1 Å². The van der Waals surface area contributed by atoms with Gasteiger partial charge in [0.25, 0.3) is 0 Å². The first kappa shape index (κ1) is 23.7. The van der Waals surface area contributed by atoms with Crippen molar-refractivity contribution in [1.82, 2.24) is 9.88 Å². The van der Waals surface area contributed by atoms with Crippen molar-refractivity contribution in [2.75, 3.05) is 13.7 Å². The molecule has 1 amide bonds. The summed E-state index contributed by atoms with van der Waals surface area (Å²) >= 11 is 0. The van der Waals surface area contributed by atoms with Gasteiger partial charge in [-0.2, -0.15) is 0 Å². The highest BCUT2D eigenvalue weighted by molar-refractivity contribution is 5.93. The molecule has 1 fully saturated rings. The number of nitrogens with two attached hydrogens (primary N) is 1. The fourth-order valence-corrected chi connectivity index (χ4v) is 4.70. The van der Waals surface area contributed by atoms with Crippen molar-refractivity contribution in [3.63, 3.8) is 0 Å². The second-order valence-electron chi connectivity index (χ2n) is 9.18. The number of aryl methyl sites for hydroxylation is 1. The molecule has 2 N–H and O–H groups in total. The van der Waals surface area contributed by atoms with Crippen LogP contribution < -0.4 is 10.5 Å². The van der Waals surface area contributed by atoms with E-state index in [0.29, 0.717) is 30.9 Å². The number of hydrogen-bond acceptors (Lipinski definition) is 6. The standard InChI is InChI=1S/C27H31N3O4/c1-17(2)24(25(31)33-4)30-14-13-27(28,26(30)32)20-9-11-21(12-10-20)34-16-19-15-18(3)29-23-8-6-5-7-22(19)23/h5-12,15,17,24H,13-14,16,28H2,1-4H3/t24-,27-/m1/s1. The van der Waals surface area contributed by atoms with Crippen LogP contribution in [0.3, 0.4) is 0 Å². The number of carbonyl (C=O) groups is 2. The van der Waals surface area contributed by atoms with E-state index >= 15 is 0 Å². The smallest absolute Gasteiger partial charge is 0.328 e. The number of likely N-dealkylation sites (tertiary alicyclic amines) is 1. The highest BCUT2D eigenvalue weighted by atomic mass is 16.5. The Morgan fingerprint density at radius 2 is 1.88 bits per heavy atom. The molecule has 4 rings (SSSR count). The minimum Gasteiger partial charge on any atom is -0.489 e. The molecule has 0 bridgehead atoms. The average Bonchev–Trinajstić information content (AvgIpc) is 3.12. The fourth-order valence-electron chi connectivity index (χ4n) is 4.70. The van der Waals surface area contributed by atoms with Gasteiger partial charge in [0.15, 0.2) is 0 Å². The Labute approximate surface area is 199 Å². The second kappa shape index (κ2) is 9.43. The van der Waals surface area contributed by atoms with Crippen LogP contribution in [0.15, 0.2) is 54.6 Å².